The van der Waals surface area contributed by atoms with E-state index >= 15 is 0 Å². The zero-order chi connectivity index (χ0) is 15.1. The van der Waals surface area contributed by atoms with Crippen LogP contribution in [-0.4, -0.2) is 26.9 Å². The molecule has 0 aromatic heterocycles. The third-order valence-corrected chi connectivity index (χ3v) is 2.97. The first-order valence-corrected chi connectivity index (χ1v) is 6.55. The van der Waals surface area contributed by atoms with E-state index < -0.39 is 0 Å². The van der Waals surface area contributed by atoms with Gasteiger partial charge >= 0.3 is 6.03 Å². The van der Waals surface area contributed by atoms with Crippen LogP contribution in [0.25, 0.3) is 0 Å². The minimum atomic E-state index is -0.240. The summed E-state index contributed by atoms with van der Waals surface area (Å²) in [6.45, 7) is 0.0659. The van der Waals surface area contributed by atoms with Crippen LogP contribution in [0.2, 0.25) is 0 Å². The Bertz CT molecular complexity index is 587. The molecule has 5 heteroatoms. The van der Waals surface area contributed by atoms with Crippen molar-refractivity contribution < 1.29 is 14.3 Å². The summed E-state index contributed by atoms with van der Waals surface area (Å²) in [5.74, 6) is 1.21. The van der Waals surface area contributed by atoms with Crippen molar-refractivity contribution in [3.8, 4) is 11.5 Å². The summed E-state index contributed by atoms with van der Waals surface area (Å²) in [7, 11) is 3.28. The number of amides is 2. The van der Waals surface area contributed by atoms with Crippen LogP contribution in [0.3, 0.4) is 0 Å². The average Bonchev–Trinajstić information content (AvgIpc) is 2.55. The van der Waals surface area contributed by atoms with Gasteiger partial charge in [-0.2, -0.15) is 0 Å². The molecule has 0 aliphatic rings. The van der Waals surface area contributed by atoms with Gasteiger partial charge < -0.3 is 14.8 Å². The van der Waals surface area contributed by atoms with Gasteiger partial charge in [-0.3, -0.25) is 4.90 Å². The molecular formula is C16H18N2O3. The number of carbonyl (C=O) groups excluding carboxylic acids is 1. The third-order valence-electron chi connectivity index (χ3n) is 2.97. The predicted octanol–water partition coefficient (Wildman–Crippen LogP) is 2.88. The Balaban J connectivity index is 1.87. The smallest absolute Gasteiger partial charge is 0.324 e. The number of nitrogens with one attached hydrogen (secondary N) is 1. The molecule has 2 aromatic carbocycles. The Morgan fingerprint density at radius 3 is 2.33 bits per heavy atom. The normalized spacial score (nSPS) is 9.81. The van der Waals surface area contributed by atoms with E-state index in [0.29, 0.717) is 11.5 Å². The lowest BCUT2D eigenvalue weighted by Crippen LogP contribution is -2.39. The number of nitrogens with zero attached hydrogens (tertiary/aromatic N) is 1. The molecule has 1 N–H and O–H groups in total. The quantitative estimate of drug-likeness (QED) is 0.860. The summed E-state index contributed by atoms with van der Waals surface area (Å²) in [5, 5.41) is 2.69. The molecule has 21 heavy (non-hydrogen) atoms. The first-order valence-electron chi connectivity index (χ1n) is 6.55. The number of methoxy groups -OCH3 is 1. The van der Waals surface area contributed by atoms with Gasteiger partial charge in [0.15, 0.2) is 18.2 Å². The van der Waals surface area contributed by atoms with Crippen LogP contribution in [0.15, 0.2) is 54.6 Å². The number of ether oxygens (including phenoxy) is 2. The topological polar surface area (TPSA) is 50.8 Å². The largest absolute Gasteiger partial charge is 0.493 e. The maximum absolute atomic E-state index is 12.0. The Labute approximate surface area is 124 Å². The molecule has 0 saturated heterocycles. The van der Waals surface area contributed by atoms with Crippen LogP contribution in [0, 0.1) is 0 Å². The second kappa shape index (κ2) is 7.19. The van der Waals surface area contributed by atoms with Gasteiger partial charge in [0.1, 0.15) is 0 Å². The van der Waals surface area contributed by atoms with E-state index in [0.717, 1.165) is 5.69 Å². The van der Waals surface area contributed by atoms with E-state index in [2.05, 4.69) is 5.32 Å². The molecule has 0 unspecified atom stereocenters. The summed E-state index contributed by atoms with van der Waals surface area (Å²) in [6, 6.07) is 16.4. The van der Waals surface area contributed by atoms with Crippen molar-refractivity contribution in [3.63, 3.8) is 0 Å². The molecule has 0 radical (unpaired) electrons. The zero-order valence-electron chi connectivity index (χ0n) is 12.1. The van der Waals surface area contributed by atoms with Crippen LogP contribution in [0.5, 0.6) is 11.5 Å². The monoisotopic (exact) mass is 286 g/mol. The molecule has 0 bridgehead atoms. The van der Waals surface area contributed by atoms with Crippen molar-refractivity contribution in [1.29, 1.82) is 0 Å². The van der Waals surface area contributed by atoms with Crippen molar-refractivity contribution in [3.05, 3.63) is 54.6 Å². The van der Waals surface area contributed by atoms with Crippen molar-refractivity contribution in [2.24, 2.45) is 0 Å². The van der Waals surface area contributed by atoms with Gasteiger partial charge in [0.2, 0.25) is 0 Å². The highest BCUT2D eigenvalue weighted by Crippen LogP contribution is 2.25. The summed E-state index contributed by atoms with van der Waals surface area (Å²) in [6.07, 6.45) is 0. The van der Waals surface area contributed by atoms with Gasteiger partial charge in [0.05, 0.1) is 7.11 Å². The third kappa shape index (κ3) is 3.89. The summed E-state index contributed by atoms with van der Waals surface area (Å²) < 4.78 is 10.7. The van der Waals surface area contributed by atoms with Gasteiger partial charge in [-0.25, -0.2) is 4.79 Å². The van der Waals surface area contributed by atoms with Crippen molar-refractivity contribution in [2.75, 3.05) is 25.8 Å². The van der Waals surface area contributed by atoms with E-state index in [1.54, 1.807) is 26.3 Å². The van der Waals surface area contributed by atoms with Gasteiger partial charge in [-0.15, -0.1) is 0 Å². The molecule has 0 fully saturated rings. The average molecular weight is 286 g/mol. The molecule has 2 amide bonds. The maximum Gasteiger partial charge on any atom is 0.324 e. The molecule has 0 heterocycles. The molecule has 0 aliphatic carbocycles. The first kappa shape index (κ1) is 14.7. The number of para-hydroxylation sites is 3. The Hall–Kier alpha value is -2.69. The molecule has 0 aliphatic heterocycles. The van der Waals surface area contributed by atoms with Gasteiger partial charge in [0.25, 0.3) is 0 Å². The number of carbonyl (C=O) groups is 1. The molecule has 110 valence electrons. The van der Waals surface area contributed by atoms with Gasteiger partial charge in [-0.1, -0.05) is 30.3 Å². The molecule has 2 aromatic rings. The van der Waals surface area contributed by atoms with Crippen molar-refractivity contribution in [2.45, 2.75) is 0 Å². The van der Waals surface area contributed by atoms with Crippen molar-refractivity contribution >= 4 is 11.7 Å². The molecule has 2 rings (SSSR count). The molecule has 0 spiro atoms. The van der Waals surface area contributed by atoms with Crippen LogP contribution in [-0.2, 0) is 0 Å². The molecule has 0 atom stereocenters. The minimum absolute atomic E-state index is 0.0659. The number of benzene rings is 2. The van der Waals surface area contributed by atoms with Crippen molar-refractivity contribution in [1.82, 2.24) is 5.32 Å². The number of anilines is 1. The standard InChI is InChI=1S/C16H18N2O3/c1-18(13-8-4-3-5-9-13)16(19)17-12-21-15-11-7-6-10-14(15)20-2/h3-11H,12H2,1-2H3,(H,17,19). The van der Waals surface area contributed by atoms with E-state index in [1.807, 2.05) is 42.5 Å². The van der Waals surface area contributed by atoms with Crippen LogP contribution < -0.4 is 19.7 Å². The number of rotatable bonds is 5. The highest BCUT2D eigenvalue weighted by molar-refractivity contribution is 5.91. The summed E-state index contributed by atoms with van der Waals surface area (Å²) >= 11 is 0. The van der Waals surface area contributed by atoms with Crippen LogP contribution in [0.1, 0.15) is 0 Å². The van der Waals surface area contributed by atoms with Crippen LogP contribution >= 0.6 is 0 Å². The number of urea groups is 1. The predicted molar refractivity (Wildman–Crippen MR) is 81.9 cm³/mol. The highest BCUT2D eigenvalue weighted by atomic mass is 16.5. The lowest BCUT2D eigenvalue weighted by atomic mass is 10.3. The van der Waals surface area contributed by atoms with E-state index in [-0.39, 0.29) is 12.8 Å². The summed E-state index contributed by atoms with van der Waals surface area (Å²) in [4.78, 5) is 13.5. The fraction of sp³-hybridized carbons (Fsp3) is 0.188. The second-order valence-corrected chi connectivity index (χ2v) is 4.32. The SMILES string of the molecule is COc1ccccc1OCNC(=O)N(C)c1ccccc1. The zero-order valence-corrected chi connectivity index (χ0v) is 12.1. The lowest BCUT2D eigenvalue weighted by molar-refractivity contribution is 0.227. The fourth-order valence-electron chi connectivity index (χ4n) is 1.80. The second-order valence-electron chi connectivity index (χ2n) is 4.32. The van der Waals surface area contributed by atoms with Gasteiger partial charge in [-0.05, 0) is 24.3 Å². The van der Waals surface area contributed by atoms with Crippen LogP contribution in [0.4, 0.5) is 10.5 Å². The molecule has 0 saturated carbocycles. The number of hydrogen-bond acceptors (Lipinski definition) is 3. The Morgan fingerprint density at radius 1 is 1.05 bits per heavy atom. The van der Waals surface area contributed by atoms with E-state index in [4.69, 9.17) is 9.47 Å². The van der Waals surface area contributed by atoms with Gasteiger partial charge in [0, 0.05) is 12.7 Å². The van der Waals surface area contributed by atoms with E-state index in [1.165, 1.54) is 4.90 Å². The minimum Gasteiger partial charge on any atom is -0.493 e. The lowest BCUT2D eigenvalue weighted by Gasteiger charge is -2.18. The molecule has 5 nitrogen and oxygen atoms in total. The highest BCUT2D eigenvalue weighted by Gasteiger charge is 2.10. The maximum atomic E-state index is 12.0. The Morgan fingerprint density at radius 2 is 1.67 bits per heavy atom. The fourth-order valence-corrected chi connectivity index (χ4v) is 1.80. The number of hydrogen-bond donors (Lipinski definition) is 1. The molecular weight excluding hydrogens is 268 g/mol. The Kier molecular flexibility index (Phi) is 5.04. The van der Waals surface area contributed by atoms with E-state index in [9.17, 15) is 4.79 Å². The first-order chi connectivity index (χ1) is 10.2. The summed E-state index contributed by atoms with van der Waals surface area (Å²) in [5.41, 5.74) is 0.812.